The van der Waals surface area contributed by atoms with E-state index in [-0.39, 0.29) is 11.7 Å². The average molecular weight is 391 g/mol. The van der Waals surface area contributed by atoms with Gasteiger partial charge in [-0.2, -0.15) is 5.26 Å². The molecule has 29 heavy (non-hydrogen) atoms. The molecule has 0 bridgehead atoms. The van der Waals surface area contributed by atoms with Crippen molar-refractivity contribution in [2.24, 2.45) is 0 Å². The molecule has 0 spiro atoms. The number of Topliss-reactive ketones (excluding diaryl/α,β-unsaturated/α-hetero) is 1. The molecule has 0 aliphatic carbocycles. The minimum Gasteiger partial charge on any atom is -0.494 e. The van der Waals surface area contributed by atoms with Crippen LogP contribution in [0, 0.1) is 11.3 Å². The zero-order chi connectivity index (χ0) is 20.6. The van der Waals surface area contributed by atoms with Gasteiger partial charge < -0.3 is 4.74 Å². The van der Waals surface area contributed by atoms with Crippen molar-refractivity contribution < 1.29 is 14.3 Å². The molecule has 1 atom stereocenters. The van der Waals surface area contributed by atoms with Crippen LogP contribution in [0.1, 0.15) is 58.9 Å². The van der Waals surface area contributed by atoms with E-state index in [1.807, 2.05) is 17.1 Å². The van der Waals surface area contributed by atoms with Crippen molar-refractivity contribution in [2.75, 3.05) is 13.2 Å². The Morgan fingerprint density at radius 3 is 2.48 bits per heavy atom. The Kier molecular flexibility index (Phi) is 6.99. The first-order chi connectivity index (χ1) is 14.1. The minimum absolute atomic E-state index is 0.0425. The van der Waals surface area contributed by atoms with E-state index in [0.717, 1.165) is 38.0 Å². The van der Waals surface area contributed by atoms with E-state index in [0.29, 0.717) is 29.3 Å². The van der Waals surface area contributed by atoms with Crippen LogP contribution < -0.4 is 10.2 Å². The first-order valence-electron chi connectivity index (χ1n) is 9.88. The fourth-order valence-corrected chi connectivity index (χ4v) is 3.47. The molecule has 150 valence electrons. The zero-order valence-electron chi connectivity index (χ0n) is 16.6. The summed E-state index contributed by atoms with van der Waals surface area (Å²) in [6.07, 6.45) is 3.90. The number of hydrogen-bond donors (Lipinski definition) is 1. The lowest BCUT2D eigenvalue weighted by Gasteiger charge is -2.25. The summed E-state index contributed by atoms with van der Waals surface area (Å²) in [5, 5.41) is 10.9. The van der Waals surface area contributed by atoms with Crippen molar-refractivity contribution in [3.63, 3.8) is 0 Å². The van der Waals surface area contributed by atoms with E-state index in [1.165, 1.54) is 0 Å². The molecule has 2 aromatic rings. The second kappa shape index (κ2) is 9.85. The third-order valence-corrected chi connectivity index (χ3v) is 5.11. The van der Waals surface area contributed by atoms with Gasteiger partial charge >= 0.3 is 0 Å². The van der Waals surface area contributed by atoms with Gasteiger partial charge in [0.05, 0.1) is 18.2 Å². The number of nitrogens with zero attached hydrogens (tertiary/aromatic N) is 2. The third-order valence-electron chi connectivity index (χ3n) is 5.11. The van der Waals surface area contributed by atoms with Gasteiger partial charge in [0.1, 0.15) is 5.75 Å². The molecule has 3 rings (SSSR count). The lowest BCUT2D eigenvalue weighted by molar-refractivity contribution is 0.0751. The standard InChI is InChI=1S/C23H25N3O3/c1-17(27)19-10-12-22(13-11-19)29-15-3-5-21-4-2-14-26(21)25-23(28)20-8-6-18(16-24)7-9-20/h6-13,21H,2-5,14-15H2,1H3,(H,25,28)/t21-/m1/s1. The highest BCUT2D eigenvalue weighted by Crippen LogP contribution is 2.20. The molecule has 6 heteroatoms. The highest BCUT2D eigenvalue weighted by atomic mass is 16.5. The molecule has 1 aliphatic rings. The number of amides is 1. The van der Waals surface area contributed by atoms with Crippen LogP contribution in [0.5, 0.6) is 5.75 Å². The maximum atomic E-state index is 12.5. The van der Waals surface area contributed by atoms with Crippen molar-refractivity contribution in [1.29, 1.82) is 5.26 Å². The van der Waals surface area contributed by atoms with Crippen LogP contribution in [0.4, 0.5) is 0 Å². The summed E-state index contributed by atoms with van der Waals surface area (Å²) in [6.45, 7) is 2.97. The number of ether oxygens (including phenoxy) is 1. The second-order valence-electron chi connectivity index (χ2n) is 7.19. The number of nitriles is 1. The van der Waals surface area contributed by atoms with Crippen LogP contribution in [-0.4, -0.2) is 35.9 Å². The van der Waals surface area contributed by atoms with Crippen LogP contribution in [-0.2, 0) is 0 Å². The van der Waals surface area contributed by atoms with Gasteiger partial charge in [0, 0.05) is 23.7 Å². The van der Waals surface area contributed by atoms with Crippen LogP contribution in [0.15, 0.2) is 48.5 Å². The number of nitrogens with one attached hydrogen (secondary N) is 1. The van der Waals surface area contributed by atoms with E-state index in [2.05, 4.69) is 11.5 Å². The second-order valence-corrected chi connectivity index (χ2v) is 7.19. The van der Waals surface area contributed by atoms with Crippen LogP contribution in [0.25, 0.3) is 0 Å². The summed E-state index contributed by atoms with van der Waals surface area (Å²) in [5.41, 5.74) is 4.76. The molecule has 0 unspecified atom stereocenters. The fraction of sp³-hybridized carbons (Fsp3) is 0.348. The van der Waals surface area contributed by atoms with Gasteiger partial charge in [0.15, 0.2) is 5.78 Å². The SMILES string of the molecule is CC(=O)c1ccc(OCCC[C@H]2CCCN2NC(=O)c2ccc(C#N)cc2)cc1. The number of benzene rings is 2. The third kappa shape index (κ3) is 5.66. The van der Waals surface area contributed by atoms with E-state index in [1.54, 1.807) is 43.3 Å². The van der Waals surface area contributed by atoms with Crippen LogP contribution >= 0.6 is 0 Å². The molecule has 6 nitrogen and oxygen atoms in total. The minimum atomic E-state index is -0.150. The van der Waals surface area contributed by atoms with Crippen molar-refractivity contribution >= 4 is 11.7 Å². The Balaban J connectivity index is 1.43. The number of hydrogen-bond acceptors (Lipinski definition) is 5. The summed E-state index contributed by atoms with van der Waals surface area (Å²) >= 11 is 0. The molecule has 2 aromatic carbocycles. The Morgan fingerprint density at radius 1 is 1.14 bits per heavy atom. The van der Waals surface area contributed by atoms with E-state index >= 15 is 0 Å². The molecule has 0 radical (unpaired) electrons. The Hall–Kier alpha value is -3.17. The molecule has 1 heterocycles. The maximum Gasteiger partial charge on any atom is 0.265 e. The van der Waals surface area contributed by atoms with Crippen molar-refractivity contribution in [1.82, 2.24) is 10.4 Å². The molecular formula is C23H25N3O3. The first kappa shape index (κ1) is 20.6. The van der Waals surface area contributed by atoms with E-state index < -0.39 is 0 Å². The van der Waals surface area contributed by atoms with E-state index in [4.69, 9.17) is 10.00 Å². The molecule has 1 fully saturated rings. The average Bonchev–Trinajstić information content (AvgIpc) is 3.18. The van der Waals surface area contributed by atoms with Crippen molar-refractivity contribution in [3.8, 4) is 11.8 Å². The first-order valence-corrected chi connectivity index (χ1v) is 9.88. The highest BCUT2D eigenvalue weighted by Gasteiger charge is 2.25. The van der Waals surface area contributed by atoms with Crippen molar-refractivity contribution in [2.45, 2.75) is 38.6 Å². The summed E-state index contributed by atoms with van der Waals surface area (Å²) in [7, 11) is 0. The summed E-state index contributed by atoms with van der Waals surface area (Å²) in [5.74, 6) is 0.650. The van der Waals surface area contributed by atoms with Gasteiger partial charge in [-0.05, 0) is 81.1 Å². The van der Waals surface area contributed by atoms with Gasteiger partial charge in [0.2, 0.25) is 0 Å². The number of carbonyl (C=O) groups excluding carboxylic acids is 2. The number of ketones is 1. The zero-order valence-corrected chi connectivity index (χ0v) is 16.6. The van der Waals surface area contributed by atoms with Gasteiger partial charge in [-0.1, -0.05) is 0 Å². The monoisotopic (exact) mass is 391 g/mol. The molecule has 1 N–H and O–H groups in total. The van der Waals surface area contributed by atoms with Gasteiger partial charge in [-0.3, -0.25) is 15.0 Å². The highest BCUT2D eigenvalue weighted by molar-refractivity contribution is 5.94. The lowest BCUT2D eigenvalue weighted by atomic mass is 10.1. The summed E-state index contributed by atoms with van der Waals surface area (Å²) in [6, 6.07) is 16.2. The Labute approximate surface area is 171 Å². The molecular weight excluding hydrogens is 366 g/mol. The predicted octanol–water partition coefficient (Wildman–Crippen LogP) is 3.73. The fourth-order valence-electron chi connectivity index (χ4n) is 3.47. The molecule has 1 saturated heterocycles. The van der Waals surface area contributed by atoms with E-state index in [9.17, 15) is 9.59 Å². The van der Waals surface area contributed by atoms with Crippen LogP contribution in [0.3, 0.4) is 0 Å². The molecule has 0 aromatic heterocycles. The predicted molar refractivity (Wildman–Crippen MR) is 110 cm³/mol. The topological polar surface area (TPSA) is 82.4 Å². The molecule has 1 amide bonds. The van der Waals surface area contributed by atoms with Gasteiger partial charge in [0.25, 0.3) is 5.91 Å². The van der Waals surface area contributed by atoms with Crippen LogP contribution in [0.2, 0.25) is 0 Å². The largest absolute Gasteiger partial charge is 0.494 e. The quantitative estimate of drug-likeness (QED) is 0.548. The summed E-state index contributed by atoms with van der Waals surface area (Å²) < 4.78 is 5.76. The van der Waals surface area contributed by atoms with Crippen molar-refractivity contribution in [3.05, 3.63) is 65.2 Å². The normalized spacial score (nSPS) is 16.2. The molecule has 1 aliphatic heterocycles. The Morgan fingerprint density at radius 2 is 1.83 bits per heavy atom. The Bertz CT molecular complexity index is 885. The lowest BCUT2D eigenvalue weighted by Crippen LogP contribution is -2.45. The molecule has 0 saturated carbocycles. The number of rotatable bonds is 8. The van der Waals surface area contributed by atoms with Gasteiger partial charge in [-0.25, -0.2) is 5.01 Å². The maximum absolute atomic E-state index is 12.5. The van der Waals surface area contributed by atoms with Gasteiger partial charge in [-0.15, -0.1) is 0 Å². The summed E-state index contributed by atoms with van der Waals surface area (Å²) in [4.78, 5) is 23.8. The number of carbonyl (C=O) groups is 2. The number of hydrazine groups is 1. The smallest absolute Gasteiger partial charge is 0.265 e.